The highest BCUT2D eigenvalue weighted by Gasteiger charge is 2.32. The third-order valence-corrected chi connectivity index (χ3v) is 3.81. The van der Waals surface area contributed by atoms with Crippen molar-refractivity contribution in [2.24, 2.45) is 0 Å². The smallest absolute Gasteiger partial charge is 0.303 e. The molecule has 0 saturated heterocycles. The summed E-state index contributed by atoms with van der Waals surface area (Å²) in [7, 11) is 0. The second-order valence-corrected chi connectivity index (χ2v) is 5.78. The first-order chi connectivity index (χ1) is 11.0. The van der Waals surface area contributed by atoms with Crippen molar-refractivity contribution in [3.63, 3.8) is 0 Å². The number of benzene rings is 1. The fraction of sp³-hybridized carbons (Fsp3) is 0.500. The fourth-order valence-electron chi connectivity index (χ4n) is 2.47. The van der Waals surface area contributed by atoms with Gasteiger partial charge in [-0.2, -0.15) is 0 Å². The van der Waals surface area contributed by atoms with Crippen molar-refractivity contribution in [1.29, 1.82) is 0 Å². The van der Waals surface area contributed by atoms with Crippen molar-refractivity contribution in [3.05, 3.63) is 39.9 Å². The van der Waals surface area contributed by atoms with Crippen LogP contribution in [-0.4, -0.2) is 32.8 Å². The van der Waals surface area contributed by atoms with Crippen LogP contribution in [0.15, 0.2) is 24.3 Å². The van der Waals surface area contributed by atoms with Crippen LogP contribution in [-0.2, 0) is 16.1 Å². The lowest BCUT2D eigenvalue weighted by atomic mass is 10.1. The molecule has 0 spiro atoms. The van der Waals surface area contributed by atoms with Crippen LogP contribution < -0.4 is 0 Å². The first-order valence-corrected chi connectivity index (χ1v) is 7.72. The van der Waals surface area contributed by atoms with E-state index in [1.165, 1.54) is 12.1 Å². The van der Waals surface area contributed by atoms with E-state index in [9.17, 15) is 19.7 Å². The Labute approximate surface area is 134 Å². The van der Waals surface area contributed by atoms with Gasteiger partial charge in [-0.05, 0) is 31.2 Å². The van der Waals surface area contributed by atoms with Gasteiger partial charge in [0.25, 0.3) is 5.69 Å². The summed E-state index contributed by atoms with van der Waals surface area (Å²) in [4.78, 5) is 35.0. The summed E-state index contributed by atoms with van der Waals surface area (Å²) in [5.74, 6) is -0.863. The van der Waals surface area contributed by atoms with Crippen molar-refractivity contribution >= 4 is 17.6 Å². The molecule has 124 valence electrons. The highest BCUT2D eigenvalue weighted by atomic mass is 16.6. The van der Waals surface area contributed by atoms with E-state index in [0.29, 0.717) is 25.8 Å². The van der Waals surface area contributed by atoms with E-state index in [2.05, 4.69) is 0 Å². The summed E-state index contributed by atoms with van der Waals surface area (Å²) in [5, 5.41) is 19.4. The Balaban J connectivity index is 1.93. The summed E-state index contributed by atoms with van der Waals surface area (Å²) >= 11 is 0. The van der Waals surface area contributed by atoms with Gasteiger partial charge in [0.15, 0.2) is 0 Å². The zero-order valence-corrected chi connectivity index (χ0v) is 12.8. The number of nitro groups is 1. The van der Waals surface area contributed by atoms with Crippen LogP contribution in [0.2, 0.25) is 0 Å². The Hall–Kier alpha value is -2.44. The maximum Gasteiger partial charge on any atom is 0.303 e. The number of nitrogens with zero attached hydrogens (tertiary/aromatic N) is 2. The number of unbranched alkanes of at least 4 members (excludes halogenated alkanes) is 1. The van der Waals surface area contributed by atoms with Crippen molar-refractivity contribution in [2.45, 2.75) is 51.1 Å². The average Bonchev–Trinajstić information content (AvgIpc) is 3.33. The Kier molecular flexibility index (Phi) is 5.67. The molecule has 1 N–H and O–H groups in total. The minimum Gasteiger partial charge on any atom is -0.481 e. The maximum absolute atomic E-state index is 12.3. The summed E-state index contributed by atoms with van der Waals surface area (Å²) in [6.45, 7) is 0.365. The molecular weight excluding hydrogens is 300 g/mol. The minimum atomic E-state index is -0.854. The Bertz CT molecular complexity index is 598. The monoisotopic (exact) mass is 320 g/mol. The number of carbonyl (C=O) groups is 2. The zero-order chi connectivity index (χ0) is 16.8. The van der Waals surface area contributed by atoms with E-state index >= 15 is 0 Å². The van der Waals surface area contributed by atoms with Gasteiger partial charge in [-0.15, -0.1) is 0 Å². The number of aliphatic carboxylic acids is 1. The lowest BCUT2D eigenvalue weighted by Crippen LogP contribution is -2.32. The van der Waals surface area contributed by atoms with Crippen LogP contribution in [0.25, 0.3) is 0 Å². The summed E-state index contributed by atoms with van der Waals surface area (Å²) in [5.41, 5.74) is 0.761. The first-order valence-electron chi connectivity index (χ1n) is 7.72. The van der Waals surface area contributed by atoms with Crippen molar-refractivity contribution in [1.82, 2.24) is 4.90 Å². The molecule has 1 aromatic rings. The molecule has 1 amide bonds. The molecule has 1 aromatic carbocycles. The molecule has 0 heterocycles. The van der Waals surface area contributed by atoms with Crippen LogP contribution in [0.5, 0.6) is 0 Å². The van der Waals surface area contributed by atoms with E-state index < -0.39 is 10.9 Å². The Morgan fingerprint density at radius 3 is 2.57 bits per heavy atom. The van der Waals surface area contributed by atoms with Crippen LogP contribution >= 0.6 is 0 Å². The molecule has 0 aromatic heterocycles. The number of amides is 1. The molecule has 1 fully saturated rings. The van der Waals surface area contributed by atoms with Gasteiger partial charge in [0.1, 0.15) is 0 Å². The number of carbonyl (C=O) groups excluding carboxylic acids is 1. The minimum absolute atomic E-state index is 0.00982. The van der Waals surface area contributed by atoms with Gasteiger partial charge < -0.3 is 10.0 Å². The van der Waals surface area contributed by atoms with Crippen LogP contribution in [0.4, 0.5) is 5.69 Å². The van der Waals surface area contributed by atoms with Crippen molar-refractivity contribution in [3.8, 4) is 0 Å². The lowest BCUT2D eigenvalue weighted by molar-refractivity contribution is -0.384. The number of carboxylic acid groups (broad SMARTS) is 1. The maximum atomic E-state index is 12.3. The van der Waals surface area contributed by atoms with Gasteiger partial charge in [0, 0.05) is 37.6 Å². The van der Waals surface area contributed by atoms with Gasteiger partial charge >= 0.3 is 5.97 Å². The first kappa shape index (κ1) is 16.9. The standard InChI is InChI=1S/C16H20N2O5/c19-15(6-1-2-7-16(20)21)17(13-8-9-13)11-12-4-3-5-14(10-12)18(22)23/h3-5,10,13H,1-2,6-9,11H2,(H,20,21). The summed E-state index contributed by atoms with van der Waals surface area (Å²) in [6, 6.07) is 6.53. The van der Waals surface area contributed by atoms with Gasteiger partial charge in [0.05, 0.1) is 4.92 Å². The summed E-state index contributed by atoms with van der Waals surface area (Å²) in [6.07, 6.45) is 3.32. The molecule has 0 unspecified atom stereocenters. The van der Waals surface area contributed by atoms with Gasteiger partial charge in [-0.25, -0.2) is 0 Å². The SMILES string of the molecule is O=C(O)CCCCC(=O)N(Cc1cccc([N+](=O)[O-])c1)C1CC1. The predicted octanol–water partition coefficient (Wildman–Crippen LogP) is 2.73. The molecule has 0 atom stereocenters. The van der Waals surface area contributed by atoms with E-state index in [1.54, 1.807) is 17.0 Å². The molecule has 1 aliphatic carbocycles. The van der Waals surface area contributed by atoms with Crippen LogP contribution in [0.1, 0.15) is 44.1 Å². The van der Waals surface area contributed by atoms with E-state index in [-0.39, 0.29) is 24.1 Å². The Morgan fingerprint density at radius 2 is 1.96 bits per heavy atom. The van der Waals surface area contributed by atoms with Crippen LogP contribution in [0, 0.1) is 10.1 Å². The highest BCUT2D eigenvalue weighted by molar-refractivity contribution is 5.77. The molecular formula is C16H20N2O5. The van der Waals surface area contributed by atoms with E-state index in [0.717, 1.165) is 18.4 Å². The average molecular weight is 320 g/mol. The number of rotatable bonds is 9. The van der Waals surface area contributed by atoms with E-state index in [1.807, 2.05) is 0 Å². The molecule has 7 nitrogen and oxygen atoms in total. The highest BCUT2D eigenvalue weighted by Crippen LogP contribution is 2.29. The van der Waals surface area contributed by atoms with Gasteiger partial charge in [0.2, 0.25) is 5.91 Å². The normalized spacial score (nSPS) is 13.6. The third kappa shape index (κ3) is 5.36. The molecule has 0 radical (unpaired) electrons. The lowest BCUT2D eigenvalue weighted by Gasteiger charge is -2.22. The molecule has 0 aliphatic heterocycles. The topological polar surface area (TPSA) is 101 Å². The van der Waals surface area contributed by atoms with Crippen LogP contribution in [0.3, 0.4) is 0 Å². The molecule has 2 rings (SSSR count). The molecule has 1 aliphatic rings. The molecule has 0 bridgehead atoms. The molecule has 23 heavy (non-hydrogen) atoms. The Morgan fingerprint density at radius 1 is 1.26 bits per heavy atom. The van der Waals surface area contributed by atoms with Gasteiger partial charge in [-0.3, -0.25) is 19.7 Å². The number of nitro benzene ring substituents is 1. The fourth-order valence-corrected chi connectivity index (χ4v) is 2.47. The number of non-ortho nitro benzene ring substituents is 1. The zero-order valence-electron chi connectivity index (χ0n) is 12.8. The van der Waals surface area contributed by atoms with Crippen molar-refractivity contribution < 1.29 is 19.6 Å². The predicted molar refractivity (Wildman–Crippen MR) is 82.8 cm³/mol. The number of hydrogen-bond acceptors (Lipinski definition) is 4. The number of carboxylic acids is 1. The van der Waals surface area contributed by atoms with Crippen molar-refractivity contribution in [2.75, 3.05) is 0 Å². The molecule has 1 saturated carbocycles. The van der Waals surface area contributed by atoms with Gasteiger partial charge in [-0.1, -0.05) is 12.1 Å². The molecule has 7 heteroatoms. The summed E-state index contributed by atoms with van der Waals surface area (Å²) < 4.78 is 0. The second-order valence-electron chi connectivity index (χ2n) is 5.78. The second kappa shape index (κ2) is 7.71. The van der Waals surface area contributed by atoms with E-state index in [4.69, 9.17) is 5.11 Å². The third-order valence-electron chi connectivity index (χ3n) is 3.81. The number of hydrogen-bond donors (Lipinski definition) is 1. The largest absolute Gasteiger partial charge is 0.481 e. The quantitative estimate of drug-likeness (QED) is 0.428.